The van der Waals surface area contributed by atoms with Crippen LogP contribution >= 0.6 is 0 Å². The molecule has 2 aromatic carbocycles. The van der Waals surface area contributed by atoms with E-state index in [1.807, 2.05) is 31.1 Å². The zero-order chi connectivity index (χ0) is 26.8. The van der Waals surface area contributed by atoms with E-state index in [0.29, 0.717) is 29.3 Å². The number of hydrogen-bond donors (Lipinski definition) is 2. The number of anilines is 2. The molecule has 2 N–H and O–H groups in total. The summed E-state index contributed by atoms with van der Waals surface area (Å²) in [5.74, 6) is 0.143. The van der Waals surface area contributed by atoms with Crippen LogP contribution in [0.15, 0.2) is 42.5 Å². The Kier molecular flexibility index (Phi) is 7.68. The normalized spacial score (nSPS) is 17.7. The standard InChI is InChI=1S/C27H34F3N5O2/c1-26(2)13-5-6-20(17-26)35-23-12-7-18(24(36)31-14-15-34(3)4)16-22(23)33-25(35)32-19-8-10-21(11-9-19)37-27(28,29)30/h7-12,16,20H,5-6,13-15,17H2,1-4H3,(H,31,36)(H,32,33). The van der Waals surface area contributed by atoms with E-state index in [4.69, 9.17) is 4.98 Å². The smallest absolute Gasteiger partial charge is 0.406 e. The molecule has 1 fully saturated rings. The van der Waals surface area contributed by atoms with Crippen molar-refractivity contribution in [1.29, 1.82) is 0 Å². The summed E-state index contributed by atoms with van der Waals surface area (Å²) in [6.45, 7) is 5.80. The highest BCUT2D eigenvalue weighted by Crippen LogP contribution is 2.43. The van der Waals surface area contributed by atoms with Gasteiger partial charge in [0.15, 0.2) is 0 Å². The molecule has 0 radical (unpaired) electrons. The molecule has 1 amide bonds. The van der Waals surface area contributed by atoms with Crippen LogP contribution in [0, 0.1) is 5.41 Å². The molecule has 1 aliphatic carbocycles. The zero-order valence-corrected chi connectivity index (χ0v) is 21.7. The minimum absolute atomic E-state index is 0.160. The van der Waals surface area contributed by atoms with Crippen molar-refractivity contribution < 1.29 is 22.7 Å². The summed E-state index contributed by atoms with van der Waals surface area (Å²) in [6, 6.07) is 11.3. The van der Waals surface area contributed by atoms with Crippen LogP contribution in [-0.2, 0) is 0 Å². The number of alkyl halides is 3. The second-order valence-electron chi connectivity index (χ2n) is 10.7. The number of halogens is 3. The first kappa shape index (κ1) is 26.8. The molecule has 1 aliphatic rings. The number of nitrogens with zero attached hydrogens (tertiary/aromatic N) is 3. The summed E-state index contributed by atoms with van der Waals surface area (Å²) >= 11 is 0. The van der Waals surface area contributed by atoms with Gasteiger partial charge in [-0.2, -0.15) is 0 Å². The zero-order valence-electron chi connectivity index (χ0n) is 21.7. The van der Waals surface area contributed by atoms with Gasteiger partial charge in [0.2, 0.25) is 5.95 Å². The number of carbonyl (C=O) groups is 1. The van der Waals surface area contributed by atoms with Gasteiger partial charge in [-0.25, -0.2) is 4.98 Å². The van der Waals surface area contributed by atoms with Gasteiger partial charge in [-0.1, -0.05) is 20.3 Å². The van der Waals surface area contributed by atoms with Crippen molar-refractivity contribution >= 4 is 28.6 Å². The van der Waals surface area contributed by atoms with Crippen LogP contribution in [-0.4, -0.2) is 53.9 Å². The predicted molar refractivity (Wildman–Crippen MR) is 138 cm³/mol. The molecule has 1 heterocycles. The second-order valence-corrected chi connectivity index (χ2v) is 10.7. The van der Waals surface area contributed by atoms with Crippen LogP contribution in [0.1, 0.15) is 55.9 Å². The van der Waals surface area contributed by atoms with Crippen molar-refractivity contribution in [1.82, 2.24) is 19.8 Å². The highest BCUT2D eigenvalue weighted by Gasteiger charge is 2.32. The number of imidazole rings is 1. The van der Waals surface area contributed by atoms with Crippen molar-refractivity contribution in [2.45, 2.75) is 51.9 Å². The second kappa shape index (κ2) is 10.6. The van der Waals surface area contributed by atoms with E-state index in [1.165, 1.54) is 24.3 Å². The van der Waals surface area contributed by atoms with Gasteiger partial charge in [-0.05, 0) is 81.2 Å². The molecule has 0 aliphatic heterocycles. The fraction of sp³-hybridized carbons (Fsp3) is 0.481. The molecule has 7 nitrogen and oxygen atoms in total. The van der Waals surface area contributed by atoms with Crippen LogP contribution in [0.5, 0.6) is 5.75 Å². The molecule has 1 atom stereocenters. The van der Waals surface area contributed by atoms with Crippen LogP contribution < -0.4 is 15.4 Å². The summed E-state index contributed by atoms with van der Waals surface area (Å²) in [7, 11) is 3.89. The number of nitrogens with one attached hydrogen (secondary N) is 2. The van der Waals surface area contributed by atoms with Crippen LogP contribution in [0.25, 0.3) is 11.0 Å². The maximum Gasteiger partial charge on any atom is 0.573 e. The lowest BCUT2D eigenvalue weighted by molar-refractivity contribution is -0.274. The Balaban J connectivity index is 1.65. The van der Waals surface area contributed by atoms with E-state index in [0.717, 1.165) is 37.7 Å². The van der Waals surface area contributed by atoms with Crippen molar-refractivity contribution in [3.05, 3.63) is 48.0 Å². The molecule has 0 spiro atoms. The average molecular weight is 518 g/mol. The Bertz CT molecular complexity index is 1240. The lowest BCUT2D eigenvalue weighted by Crippen LogP contribution is -2.31. The Labute approximate surface area is 215 Å². The van der Waals surface area contributed by atoms with Gasteiger partial charge in [-0.15, -0.1) is 13.2 Å². The summed E-state index contributed by atoms with van der Waals surface area (Å²) in [5.41, 5.74) is 2.89. The molecule has 1 saturated carbocycles. The van der Waals surface area contributed by atoms with Gasteiger partial charge >= 0.3 is 6.36 Å². The van der Waals surface area contributed by atoms with Crippen molar-refractivity contribution in [3.63, 3.8) is 0 Å². The number of hydrogen-bond acceptors (Lipinski definition) is 5. The third-order valence-corrected chi connectivity index (χ3v) is 6.68. The summed E-state index contributed by atoms with van der Waals surface area (Å²) in [4.78, 5) is 19.5. The lowest BCUT2D eigenvalue weighted by Gasteiger charge is -2.36. The SMILES string of the molecule is CN(C)CCNC(=O)c1ccc2c(c1)nc(Nc1ccc(OC(F)(F)F)cc1)n2C1CCCC(C)(C)C1. The molecule has 0 saturated heterocycles. The number of ether oxygens (including phenoxy) is 1. The molecule has 1 aromatic heterocycles. The highest BCUT2D eigenvalue weighted by molar-refractivity contribution is 5.97. The maximum absolute atomic E-state index is 12.7. The molecule has 1 unspecified atom stereocenters. The fourth-order valence-corrected chi connectivity index (χ4v) is 4.94. The Morgan fingerprint density at radius 2 is 1.92 bits per heavy atom. The molecule has 0 bridgehead atoms. The molecule has 3 aromatic rings. The van der Waals surface area contributed by atoms with Gasteiger partial charge in [0.05, 0.1) is 11.0 Å². The van der Waals surface area contributed by atoms with Crippen LogP contribution in [0.4, 0.5) is 24.8 Å². The van der Waals surface area contributed by atoms with Gasteiger partial charge < -0.3 is 24.8 Å². The third-order valence-electron chi connectivity index (χ3n) is 6.68. The fourth-order valence-electron chi connectivity index (χ4n) is 4.94. The van der Waals surface area contributed by atoms with Crippen molar-refractivity contribution in [2.24, 2.45) is 5.41 Å². The van der Waals surface area contributed by atoms with Crippen LogP contribution in [0.2, 0.25) is 0 Å². The van der Waals surface area contributed by atoms with E-state index < -0.39 is 6.36 Å². The summed E-state index contributed by atoms with van der Waals surface area (Å²) < 4.78 is 43.8. The number of fused-ring (bicyclic) bond motifs is 1. The number of likely N-dealkylation sites (N-methyl/N-ethyl adjacent to an activating group) is 1. The molecule has 200 valence electrons. The topological polar surface area (TPSA) is 71.4 Å². The third kappa shape index (κ3) is 6.94. The Morgan fingerprint density at radius 1 is 1.19 bits per heavy atom. The quantitative estimate of drug-likeness (QED) is 0.377. The Hall–Kier alpha value is -3.27. The van der Waals surface area contributed by atoms with Crippen molar-refractivity contribution in [3.8, 4) is 5.75 Å². The first-order valence-corrected chi connectivity index (χ1v) is 12.5. The van der Waals surface area contributed by atoms with E-state index >= 15 is 0 Å². The first-order valence-electron chi connectivity index (χ1n) is 12.5. The average Bonchev–Trinajstić information content (AvgIpc) is 3.15. The highest BCUT2D eigenvalue weighted by atomic mass is 19.4. The lowest BCUT2D eigenvalue weighted by atomic mass is 9.75. The summed E-state index contributed by atoms with van der Waals surface area (Å²) in [6.07, 6.45) is -0.538. The Morgan fingerprint density at radius 3 is 2.57 bits per heavy atom. The minimum atomic E-state index is -4.74. The van der Waals surface area contributed by atoms with Gasteiger partial charge in [0.25, 0.3) is 5.91 Å². The van der Waals surface area contributed by atoms with Gasteiger partial charge in [0, 0.05) is 30.4 Å². The minimum Gasteiger partial charge on any atom is -0.406 e. The van der Waals surface area contributed by atoms with E-state index in [-0.39, 0.29) is 23.1 Å². The van der Waals surface area contributed by atoms with Gasteiger partial charge in [-0.3, -0.25) is 4.79 Å². The molecule has 37 heavy (non-hydrogen) atoms. The number of aromatic nitrogens is 2. The summed E-state index contributed by atoms with van der Waals surface area (Å²) in [5, 5.41) is 6.21. The van der Waals surface area contributed by atoms with E-state index in [9.17, 15) is 18.0 Å². The van der Waals surface area contributed by atoms with Crippen LogP contribution in [0.3, 0.4) is 0 Å². The van der Waals surface area contributed by atoms with E-state index in [2.05, 4.69) is 33.8 Å². The molecular weight excluding hydrogens is 483 g/mol. The number of carbonyl (C=O) groups excluding carboxylic acids is 1. The number of rotatable bonds is 8. The first-order chi connectivity index (χ1) is 17.4. The molecular formula is C27H34F3N5O2. The maximum atomic E-state index is 12.7. The number of amides is 1. The molecule has 10 heteroatoms. The largest absolute Gasteiger partial charge is 0.573 e. The van der Waals surface area contributed by atoms with E-state index in [1.54, 1.807) is 6.07 Å². The predicted octanol–water partition coefficient (Wildman–Crippen LogP) is 6.11. The molecule has 4 rings (SSSR count). The monoisotopic (exact) mass is 517 g/mol. The number of benzene rings is 2. The van der Waals surface area contributed by atoms with Gasteiger partial charge in [0.1, 0.15) is 5.75 Å². The van der Waals surface area contributed by atoms with Crippen molar-refractivity contribution in [2.75, 3.05) is 32.5 Å².